The third-order valence-corrected chi connectivity index (χ3v) is 6.14. The molecule has 0 bridgehead atoms. The molecule has 2 aromatic rings. The molecule has 4 rings (SSSR count). The first-order chi connectivity index (χ1) is 15.5. The van der Waals surface area contributed by atoms with Gasteiger partial charge in [0.2, 0.25) is 5.91 Å². The first kappa shape index (κ1) is 25.2. The number of hydrogen-bond acceptors (Lipinski definition) is 3. The second-order valence-corrected chi connectivity index (χ2v) is 8.39. The van der Waals surface area contributed by atoms with E-state index >= 15 is 0 Å². The molecule has 1 atom stereocenters. The van der Waals surface area contributed by atoms with Gasteiger partial charge in [-0.2, -0.15) is 0 Å². The highest BCUT2D eigenvalue weighted by Gasteiger charge is 2.27. The van der Waals surface area contributed by atoms with Crippen molar-refractivity contribution in [1.29, 1.82) is 0 Å². The van der Waals surface area contributed by atoms with Crippen molar-refractivity contribution in [2.45, 2.75) is 38.3 Å². The Morgan fingerprint density at radius 1 is 1.12 bits per heavy atom. The third-order valence-electron chi connectivity index (χ3n) is 6.14. The van der Waals surface area contributed by atoms with Crippen molar-refractivity contribution < 1.29 is 13.6 Å². The van der Waals surface area contributed by atoms with Crippen LogP contribution in [0.2, 0.25) is 0 Å². The van der Waals surface area contributed by atoms with Gasteiger partial charge in [-0.3, -0.25) is 9.79 Å². The second-order valence-electron chi connectivity index (χ2n) is 8.39. The van der Waals surface area contributed by atoms with E-state index in [2.05, 4.69) is 20.9 Å². The molecule has 178 valence electrons. The number of halogens is 3. The molecule has 0 spiro atoms. The summed E-state index contributed by atoms with van der Waals surface area (Å²) >= 11 is 0. The molecule has 1 saturated heterocycles. The predicted octanol–water partition coefficient (Wildman–Crippen LogP) is 4.27. The quantitative estimate of drug-likeness (QED) is 0.276. The summed E-state index contributed by atoms with van der Waals surface area (Å²) in [6.45, 7) is 1.58. The van der Waals surface area contributed by atoms with E-state index in [1.165, 1.54) is 18.2 Å². The summed E-state index contributed by atoms with van der Waals surface area (Å²) in [5.41, 5.74) is 1.84. The standard InChI is InChI=1S/C24H29F2N5O.HI/c1-27-24(30-19-11-12-31(15-19)22-20(25)9-4-10-21(22)26)28-14-16-5-2-8-18(13-16)29-23(32)17-6-3-7-17;/h2,4-5,8-10,13,17,19H,3,6-7,11-12,14-15H2,1H3,(H,29,32)(H2,27,28,30);1H. The highest BCUT2D eigenvalue weighted by atomic mass is 127. The van der Waals surface area contributed by atoms with Crippen molar-refractivity contribution in [3.05, 3.63) is 59.7 Å². The fraction of sp³-hybridized carbons (Fsp3) is 0.417. The van der Waals surface area contributed by atoms with Crippen molar-refractivity contribution in [3.63, 3.8) is 0 Å². The Kier molecular flexibility index (Phi) is 8.87. The van der Waals surface area contributed by atoms with Crippen LogP contribution in [0, 0.1) is 17.6 Å². The number of carbonyl (C=O) groups is 1. The molecule has 1 amide bonds. The smallest absolute Gasteiger partial charge is 0.227 e. The van der Waals surface area contributed by atoms with Gasteiger partial charge in [0.05, 0.1) is 0 Å². The van der Waals surface area contributed by atoms with Crippen LogP contribution in [-0.2, 0) is 11.3 Å². The fourth-order valence-corrected chi connectivity index (χ4v) is 4.12. The average Bonchev–Trinajstić information content (AvgIpc) is 3.18. The maximum absolute atomic E-state index is 14.1. The summed E-state index contributed by atoms with van der Waals surface area (Å²) in [6.07, 6.45) is 3.81. The Bertz CT molecular complexity index is 978. The third kappa shape index (κ3) is 6.33. The SMILES string of the molecule is CN=C(NCc1cccc(NC(=O)C2CCC2)c1)NC1CCN(c2c(F)cccc2F)C1.I. The van der Waals surface area contributed by atoms with E-state index in [9.17, 15) is 13.6 Å². The van der Waals surface area contributed by atoms with E-state index < -0.39 is 11.6 Å². The molecule has 6 nitrogen and oxygen atoms in total. The number of hydrogen-bond donors (Lipinski definition) is 3. The number of amides is 1. The zero-order valence-corrected chi connectivity index (χ0v) is 20.9. The zero-order valence-electron chi connectivity index (χ0n) is 18.6. The van der Waals surface area contributed by atoms with Gasteiger partial charge in [0.15, 0.2) is 5.96 Å². The molecule has 1 heterocycles. The van der Waals surface area contributed by atoms with Crippen molar-refractivity contribution in [1.82, 2.24) is 10.6 Å². The van der Waals surface area contributed by atoms with Crippen molar-refractivity contribution in [3.8, 4) is 0 Å². The van der Waals surface area contributed by atoms with E-state index in [1.54, 1.807) is 11.9 Å². The van der Waals surface area contributed by atoms with Gasteiger partial charge in [-0.15, -0.1) is 24.0 Å². The molecule has 3 N–H and O–H groups in total. The number of anilines is 2. The number of rotatable bonds is 6. The van der Waals surface area contributed by atoms with E-state index in [1.807, 2.05) is 24.3 Å². The normalized spacial score (nSPS) is 18.3. The summed E-state index contributed by atoms with van der Waals surface area (Å²) in [4.78, 5) is 18.2. The van der Waals surface area contributed by atoms with Gasteiger partial charge in [-0.05, 0) is 49.1 Å². The van der Waals surface area contributed by atoms with E-state index in [4.69, 9.17) is 0 Å². The number of nitrogens with one attached hydrogen (secondary N) is 3. The van der Waals surface area contributed by atoms with Crippen molar-refractivity contribution in [2.75, 3.05) is 30.4 Å². The number of guanidine groups is 1. The number of benzene rings is 2. The van der Waals surface area contributed by atoms with Gasteiger partial charge in [0, 0.05) is 44.3 Å². The Hall–Kier alpha value is -2.43. The average molecular weight is 569 g/mol. The molecule has 0 radical (unpaired) electrons. The van der Waals surface area contributed by atoms with Crippen LogP contribution in [0.5, 0.6) is 0 Å². The van der Waals surface area contributed by atoms with Crippen molar-refractivity contribution >= 4 is 47.2 Å². The molecule has 1 aliphatic carbocycles. The fourth-order valence-electron chi connectivity index (χ4n) is 4.12. The molecule has 1 saturated carbocycles. The van der Waals surface area contributed by atoms with Crippen molar-refractivity contribution in [2.24, 2.45) is 10.9 Å². The molecule has 9 heteroatoms. The van der Waals surface area contributed by atoms with Crippen LogP contribution in [0.4, 0.5) is 20.2 Å². The lowest BCUT2D eigenvalue weighted by atomic mass is 9.85. The highest BCUT2D eigenvalue weighted by Crippen LogP contribution is 2.28. The number of nitrogens with zero attached hydrogens (tertiary/aromatic N) is 2. The predicted molar refractivity (Wildman–Crippen MR) is 138 cm³/mol. The van der Waals surface area contributed by atoms with Gasteiger partial charge in [-0.1, -0.05) is 24.6 Å². The summed E-state index contributed by atoms with van der Waals surface area (Å²) in [6, 6.07) is 11.7. The molecular formula is C24H30F2IN5O. The lowest BCUT2D eigenvalue weighted by molar-refractivity contribution is -0.122. The van der Waals surface area contributed by atoms with Crippen LogP contribution < -0.4 is 20.9 Å². The Morgan fingerprint density at radius 3 is 2.52 bits per heavy atom. The van der Waals surface area contributed by atoms with E-state index in [0.717, 1.165) is 36.9 Å². The number of carbonyl (C=O) groups excluding carboxylic acids is 1. The van der Waals surface area contributed by atoms with Gasteiger partial charge >= 0.3 is 0 Å². The summed E-state index contributed by atoms with van der Waals surface area (Å²) in [5, 5.41) is 9.60. The topological polar surface area (TPSA) is 68.8 Å². The maximum atomic E-state index is 14.1. The molecule has 2 aliphatic rings. The Morgan fingerprint density at radius 2 is 1.85 bits per heavy atom. The Balaban J connectivity index is 0.00000306. The number of aliphatic imine (C=N–C) groups is 1. The zero-order chi connectivity index (χ0) is 22.5. The van der Waals surface area contributed by atoms with Gasteiger partial charge < -0.3 is 20.9 Å². The largest absolute Gasteiger partial charge is 0.365 e. The van der Waals surface area contributed by atoms with Crippen LogP contribution in [0.15, 0.2) is 47.5 Å². The first-order valence-corrected chi connectivity index (χ1v) is 11.1. The second kappa shape index (κ2) is 11.6. The number of para-hydroxylation sites is 1. The molecule has 0 aromatic heterocycles. The minimum absolute atomic E-state index is 0. The molecule has 33 heavy (non-hydrogen) atoms. The molecule has 1 unspecified atom stereocenters. The van der Waals surface area contributed by atoms with Crippen LogP contribution in [0.1, 0.15) is 31.2 Å². The monoisotopic (exact) mass is 569 g/mol. The highest BCUT2D eigenvalue weighted by molar-refractivity contribution is 14.0. The molecule has 2 aromatic carbocycles. The van der Waals surface area contributed by atoms with Gasteiger partial charge in [0.1, 0.15) is 17.3 Å². The summed E-state index contributed by atoms with van der Waals surface area (Å²) in [7, 11) is 1.69. The first-order valence-electron chi connectivity index (χ1n) is 11.1. The van der Waals surface area contributed by atoms with Crippen LogP contribution >= 0.6 is 24.0 Å². The van der Waals surface area contributed by atoms with Gasteiger partial charge in [-0.25, -0.2) is 8.78 Å². The molecule has 1 aliphatic heterocycles. The maximum Gasteiger partial charge on any atom is 0.227 e. The lowest BCUT2D eigenvalue weighted by Gasteiger charge is -2.24. The van der Waals surface area contributed by atoms with Crippen LogP contribution in [0.25, 0.3) is 0 Å². The minimum Gasteiger partial charge on any atom is -0.365 e. The van der Waals surface area contributed by atoms with E-state index in [-0.39, 0.29) is 47.5 Å². The molecule has 2 fully saturated rings. The van der Waals surface area contributed by atoms with E-state index in [0.29, 0.717) is 25.6 Å². The van der Waals surface area contributed by atoms with Crippen LogP contribution in [0.3, 0.4) is 0 Å². The summed E-state index contributed by atoms with van der Waals surface area (Å²) < 4.78 is 28.2. The molecular weight excluding hydrogens is 539 g/mol. The van der Waals surface area contributed by atoms with Crippen LogP contribution in [-0.4, -0.2) is 38.0 Å². The van der Waals surface area contributed by atoms with Gasteiger partial charge in [0.25, 0.3) is 0 Å². The lowest BCUT2D eigenvalue weighted by Crippen LogP contribution is -2.44. The minimum atomic E-state index is -0.544. The Labute approximate surface area is 210 Å². The summed E-state index contributed by atoms with van der Waals surface area (Å²) in [5.74, 6) is -0.232.